The van der Waals surface area contributed by atoms with Crippen molar-refractivity contribution < 1.29 is 14.9 Å². The van der Waals surface area contributed by atoms with Crippen LogP contribution in [-0.2, 0) is 14.9 Å². The van der Waals surface area contributed by atoms with E-state index in [0.717, 1.165) is 0 Å². The maximum atomic E-state index is 7.45. The molecule has 0 bridgehead atoms. The molecule has 0 spiro atoms. The first-order valence-electron chi connectivity index (χ1n) is 8.54. The number of allylic oxidation sites excluding steroid dienone is 1. The number of rotatable bonds is 2. The van der Waals surface area contributed by atoms with Crippen LogP contribution in [0.1, 0.15) is 31.8 Å². The summed E-state index contributed by atoms with van der Waals surface area (Å²) in [6.07, 6.45) is 6.64. The Labute approximate surface area is 178 Å². The molecule has 1 heterocycles. The van der Waals surface area contributed by atoms with Gasteiger partial charge in [0.1, 0.15) is 0 Å². The zero-order chi connectivity index (χ0) is 18.1. The molecule has 0 nitrogen and oxygen atoms in total. The number of thiol groups is 1. The van der Waals surface area contributed by atoms with Gasteiger partial charge < -0.3 is 0 Å². The number of fused-ring (bicyclic) bond motifs is 4. The molecule has 0 amide bonds. The van der Waals surface area contributed by atoms with Gasteiger partial charge in [0.25, 0.3) is 0 Å². The minimum absolute atomic E-state index is 0.0311. The zero-order valence-electron chi connectivity index (χ0n) is 13.6. The van der Waals surface area contributed by atoms with E-state index in [1.54, 1.807) is 0 Å². The van der Waals surface area contributed by atoms with E-state index in [1.807, 2.05) is 11.8 Å². The van der Waals surface area contributed by atoms with Gasteiger partial charge in [0, 0.05) is 0 Å². The first-order chi connectivity index (χ1) is 12.4. The molecular weight excluding hydrogens is 546 g/mol. The fourth-order valence-corrected chi connectivity index (χ4v) is 27.3. The van der Waals surface area contributed by atoms with Crippen LogP contribution in [0.3, 0.4) is 0 Å². The SMILES string of the molecule is [SH][Zr]([Cl])([Cl])([CH]1C=Cc2ccccc21)[CH]1SC(Br)C2=Cc3ccccc3C21. The second-order valence-electron chi connectivity index (χ2n) is 7.19. The molecule has 2 aromatic carbocycles. The molecule has 0 N–H and O–H groups in total. The standard InChI is InChI=1S/C11H8BrS.C9H7.2ClH.H2S.Zr/c12-11-9-5-7-3-1-2-4-8(7)10(9)6-13-11;1-2-5-9-7-3-6-8(9)4-1;;;;/h1-6,10-11H;1-7H;2*1H;1H2;/q;;;;;+3/p-3. The summed E-state index contributed by atoms with van der Waals surface area (Å²) in [7, 11) is 20.1. The van der Waals surface area contributed by atoms with Crippen LogP contribution in [-0.4, -0.2) is 7.12 Å². The normalized spacial score (nSPS) is 30.3. The van der Waals surface area contributed by atoms with Gasteiger partial charge in [0.15, 0.2) is 0 Å². The van der Waals surface area contributed by atoms with Crippen molar-refractivity contribution in [3.63, 3.8) is 0 Å². The molecule has 0 aromatic heterocycles. The molecule has 4 atom stereocenters. The molecule has 2 aromatic rings. The van der Waals surface area contributed by atoms with Crippen LogP contribution in [0.15, 0.2) is 60.2 Å². The van der Waals surface area contributed by atoms with Crippen LogP contribution in [0.2, 0.25) is 0 Å². The van der Waals surface area contributed by atoms with E-state index in [1.165, 1.54) is 27.8 Å². The number of alkyl halides is 1. The van der Waals surface area contributed by atoms with Gasteiger partial charge in [-0.15, -0.1) is 0 Å². The topological polar surface area (TPSA) is 0 Å². The molecule has 3 aliphatic rings. The Balaban J connectivity index is 1.63. The number of halogens is 3. The third kappa shape index (κ3) is 2.66. The Kier molecular flexibility index (Phi) is 4.49. The predicted molar refractivity (Wildman–Crippen MR) is 120 cm³/mol. The second kappa shape index (κ2) is 6.28. The number of hydrogen-bond donors (Lipinski definition) is 1. The Hall–Kier alpha value is 0.563. The Bertz CT molecular complexity index is 979. The third-order valence-electron chi connectivity index (χ3n) is 5.70. The first-order valence-corrected chi connectivity index (χ1v) is 23.3. The van der Waals surface area contributed by atoms with Crippen molar-refractivity contribution >= 4 is 66.3 Å². The summed E-state index contributed by atoms with van der Waals surface area (Å²) in [5.74, 6) is 0.250. The first kappa shape index (κ1) is 18.6. The molecule has 2 aliphatic carbocycles. The van der Waals surface area contributed by atoms with E-state index in [2.05, 4.69) is 82.7 Å². The van der Waals surface area contributed by atoms with E-state index < -0.39 is 14.9 Å². The molecule has 4 unspecified atom stereocenters. The van der Waals surface area contributed by atoms with Crippen molar-refractivity contribution in [1.29, 1.82) is 0 Å². The van der Waals surface area contributed by atoms with Crippen LogP contribution in [0.5, 0.6) is 0 Å². The van der Waals surface area contributed by atoms with Crippen LogP contribution < -0.4 is 0 Å². The Morgan fingerprint density at radius 3 is 2.38 bits per heavy atom. The summed E-state index contributed by atoms with van der Waals surface area (Å²) < 4.78 is 0.384. The van der Waals surface area contributed by atoms with Crippen LogP contribution in [0.25, 0.3) is 12.2 Å². The van der Waals surface area contributed by atoms with Gasteiger partial charge in [-0.3, -0.25) is 0 Å². The van der Waals surface area contributed by atoms with Gasteiger partial charge in [-0.1, -0.05) is 0 Å². The van der Waals surface area contributed by atoms with Crippen molar-refractivity contribution in [2.24, 2.45) is 0 Å². The van der Waals surface area contributed by atoms with E-state index in [4.69, 9.17) is 26.4 Å². The molecule has 1 aliphatic heterocycles. The Morgan fingerprint density at radius 1 is 0.962 bits per heavy atom. The number of benzene rings is 2. The van der Waals surface area contributed by atoms with E-state index >= 15 is 0 Å². The summed E-state index contributed by atoms with van der Waals surface area (Å²) >= 11 is 1.20. The van der Waals surface area contributed by atoms with Crippen LogP contribution in [0, 0.1) is 0 Å². The van der Waals surface area contributed by atoms with Crippen LogP contribution >= 0.6 is 54.1 Å². The molecule has 0 saturated carbocycles. The molecule has 6 heteroatoms. The zero-order valence-corrected chi connectivity index (χ0v) is 20.9. The fourth-order valence-electron chi connectivity index (χ4n) is 4.50. The molecular formula is C20H16BrCl2S2Zr. The molecule has 5 rings (SSSR count). The van der Waals surface area contributed by atoms with Gasteiger partial charge in [-0.05, 0) is 0 Å². The average molecular weight is 563 g/mol. The maximum absolute atomic E-state index is 7.45. The van der Waals surface area contributed by atoms with Crippen molar-refractivity contribution in [1.82, 2.24) is 0 Å². The van der Waals surface area contributed by atoms with Gasteiger partial charge in [0.05, 0.1) is 0 Å². The van der Waals surface area contributed by atoms with E-state index in [9.17, 15) is 0 Å². The van der Waals surface area contributed by atoms with Gasteiger partial charge in [-0.2, -0.15) is 0 Å². The van der Waals surface area contributed by atoms with Gasteiger partial charge >= 0.3 is 180 Å². The van der Waals surface area contributed by atoms with Crippen LogP contribution in [0.4, 0.5) is 0 Å². The summed E-state index contributed by atoms with van der Waals surface area (Å²) in [4.78, 5) is 0. The fraction of sp³-hybridized carbons (Fsp3) is 0.200. The number of thioether (sulfide) groups is 1. The summed E-state index contributed by atoms with van der Waals surface area (Å²) in [6, 6.07) is 17.0. The molecule has 26 heavy (non-hydrogen) atoms. The minimum atomic E-state index is -4.52. The molecule has 133 valence electrons. The quantitative estimate of drug-likeness (QED) is 0.291. The van der Waals surface area contributed by atoms with Gasteiger partial charge in [0.2, 0.25) is 0 Å². The molecule has 1 saturated heterocycles. The molecule has 0 radical (unpaired) electrons. The van der Waals surface area contributed by atoms with Crippen molar-refractivity contribution in [2.45, 2.75) is 16.7 Å². The van der Waals surface area contributed by atoms with Crippen molar-refractivity contribution in [3.8, 4) is 0 Å². The average Bonchev–Trinajstić information content (AvgIpc) is 3.28. The monoisotopic (exact) mass is 559 g/mol. The second-order valence-corrected chi connectivity index (χ2v) is 39.1. The van der Waals surface area contributed by atoms with Crippen molar-refractivity contribution in [3.05, 3.63) is 82.4 Å². The van der Waals surface area contributed by atoms with Gasteiger partial charge in [-0.25, -0.2) is 0 Å². The predicted octanol–water partition coefficient (Wildman–Crippen LogP) is 7.57. The van der Waals surface area contributed by atoms with E-state index in [-0.39, 0.29) is 16.7 Å². The summed E-state index contributed by atoms with van der Waals surface area (Å²) in [5.41, 5.74) is 6.46. The third-order valence-corrected chi connectivity index (χ3v) is 30.5. The van der Waals surface area contributed by atoms with E-state index in [0.29, 0.717) is 0 Å². The number of hydrogen-bond acceptors (Lipinski definition) is 2. The van der Waals surface area contributed by atoms with Crippen molar-refractivity contribution in [2.75, 3.05) is 0 Å². The summed E-state index contributed by atoms with van der Waals surface area (Å²) in [6.45, 7) is 0. The Morgan fingerprint density at radius 2 is 1.62 bits per heavy atom. The molecule has 1 fully saturated rings. The summed E-state index contributed by atoms with van der Waals surface area (Å²) in [5, 5.41) is 0.